The van der Waals surface area contributed by atoms with Crippen LogP contribution < -0.4 is 0 Å². The Bertz CT molecular complexity index is 240. The minimum Gasteiger partial charge on any atom is -0.346 e. The van der Waals surface area contributed by atoms with Crippen molar-refractivity contribution in [3.8, 4) is 0 Å². The number of aromatic amines is 1. The van der Waals surface area contributed by atoms with Gasteiger partial charge in [-0.1, -0.05) is 33.6 Å². The van der Waals surface area contributed by atoms with Crippen LogP contribution in [0.2, 0.25) is 0 Å². The van der Waals surface area contributed by atoms with Gasteiger partial charge in [0.25, 0.3) is 0 Å². The summed E-state index contributed by atoms with van der Waals surface area (Å²) in [6, 6.07) is 0. The molecule has 0 aliphatic carbocycles. The molecule has 0 amide bonds. The number of H-pyrrole nitrogens is 1. The highest BCUT2D eigenvalue weighted by Crippen LogP contribution is 2.18. The fourth-order valence-electron chi connectivity index (χ4n) is 1.45. The Morgan fingerprint density at radius 3 is 2.77 bits per heavy atom. The lowest BCUT2D eigenvalue weighted by Crippen LogP contribution is -1.96. The molecule has 1 aromatic heterocycles. The summed E-state index contributed by atoms with van der Waals surface area (Å²) in [4.78, 5) is 7.74. The summed E-state index contributed by atoms with van der Waals surface area (Å²) in [5.74, 6) is 1.74. The Balaban J connectivity index is 2.50. The molecule has 13 heavy (non-hydrogen) atoms. The highest BCUT2D eigenvalue weighted by Gasteiger charge is 2.07. The smallest absolute Gasteiger partial charge is 0.109 e. The third-order valence-corrected chi connectivity index (χ3v) is 2.49. The topological polar surface area (TPSA) is 28.7 Å². The summed E-state index contributed by atoms with van der Waals surface area (Å²) < 4.78 is 0. The maximum Gasteiger partial charge on any atom is 0.109 e. The van der Waals surface area contributed by atoms with Gasteiger partial charge >= 0.3 is 0 Å². The van der Waals surface area contributed by atoms with Crippen molar-refractivity contribution in [3.63, 3.8) is 0 Å². The molecule has 1 rings (SSSR count). The van der Waals surface area contributed by atoms with Gasteiger partial charge < -0.3 is 4.98 Å². The van der Waals surface area contributed by atoms with Crippen molar-refractivity contribution in [3.05, 3.63) is 17.7 Å². The third-order valence-electron chi connectivity index (χ3n) is 2.49. The Morgan fingerprint density at radius 1 is 1.46 bits per heavy atom. The lowest BCUT2D eigenvalue weighted by Gasteiger charge is -2.06. The van der Waals surface area contributed by atoms with Crippen LogP contribution in [0.25, 0.3) is 0 Å². The van der Waals surface area contributed by atoms with Crippen molar-refractivity contribution in [2.24, 2.45) is 0 Å². The van der Waals surface area contributed by atoms with Gasteiger partial charge in [-0.05, 0) is 12.8 Å². The molecule has 0 radical (unpaired) electrons. The van der Waals surface area contributed by atoms with Crippen molar-refractivity contribution in [1.29, 1.82) is 0 Å². The lowest BCUT2D eigenvalue weighted by molar-refractivity contribution is 0.600. The molecule has 1 heterocycles. The van der Waals surface area contributed by atoms with Crippen LogP contribution in [0.15, 0.2) is 6.20 Å². The Hall–Kier alpha value is -0.790. The fraction of sp³-hybridized carbons (Fsp3) is 0.727. The van der Waals surface area contributed by atoms with E-state index in [0.717, 1.165) is 12.2 Å². The number of nitrogens with zero attached hydrogens (tertiary/aromatic N) is 1. The summed E-state index contributed by atoms with van der Waals surface area (Å²) in [7, 11) is 0. The molecule has 0 spiro atoms. The molecular weight excluding hydrogens is 160 g/mol. The van der Waals surface area contributed by atoms with E-state index in [1.54, 1.807) is 0 Å². The van der Waals surface area contributed by atoms with E-state index in [-0.39, 0.29) is 0 Å². The van der Waals surface area contributed by atoms with E-state index in [0.29, 0.717) is 5.92 Å². The summed E-state index contributed by atoms with van der Waals surface area (Å²) >= 11 is 0. The molecule has 1 atom stereocenters. The van der Waals surface area contributed by atoms with E-state index in [4.69, 9.17) is 0 Å². The zero-order chi connectivity index (χ0) is 9.68. The predicted molar refractivity (Wildman–Crippen MR) is 55.9 cm³/mol. The third kappa shape index (κ3) is 2.87. The van der Waals surface area contributed by atoms with E-state index >= 15 is 0 Å². The molecule has 74 valence electrons. The van der Waals surface area contributed by atoms with Crippen LogP contribution in [-0.2, 0) is 6.42 Å². The van der Waals surface area contributed by atoms with E-state index < -0.39 is 0 Å². The normalized spacial score (nSPS) is 13.2. The Morgan fingerprint density at radius 2 is 2.23 bits per heavy atom. The minimum absolute atomic E-state index is 0.584. The van der Waals surface area contributed by atoms with Crippen molar-refractivity contribution in [2.75, 3.05) is 0 Å². The molecule has 0 fully saturated rings. The van der Waals surface area contributed by atoms with Crippen LogP contribution in [0.4, 0.5) is 0 Å². The summed E-state index contributed by atoms with van der Waals surface area (Å²) in [6.45, 7) is 6.62. The molecule has 2 nitrogen and oxygen atoms in total. The van der Waals surface area contributed by atoms with E-state index in [9.17, 15) is 0 Å². The molecule has 1 unspecified atom stereocenters. The largest absolute Gasteiger partial charge is 0.346 e. The second kappa shape index (κ2) is 5.05. The fourth-order valence-corrected chi connectivity index (χ4v) is 1.45. The molecule has 1 N–H and O–H groups in total. The SMILES string of the molecule is CCCCC(C)c1ncc(CC)[nH]1. The minimum atomic E-state index is 0.584. The van der Waals surface area contributed by atoms with Gasteiger partial charge in [0, 0.05) is 17.8 Å². The standard InChI is InChI=1S/C11H20N2/c1-4-6-7-9(3)11-12-8-10(5-2)13-11/h8-9H,4-7H2,1-3H3,(H,12,13). The summed E-state index contributed by atoms with van der Waals surface area (Å²) in [5.41, 5.74) is 1.25. The first-order valence-corrected chi connectivity index (χ1v) is 5.31. The molecule has 2 heteroatoms. The van der Waals surface area contributed by atoms with Gasteiger partial charge in [0.15, 0.2) is 0 Å². The van der Waals surface area contributed by atoms with E-state index in [1.165, 1.54) is 25.0 Å². The average molecular weight is 180 g/mol. The number of aryl methyl sites for hydroxylation is 1. The molecule has 0 aliphatic rings. The van der Waals surface area contributed by atoms with Crippen LogP contribution in [0.1, 0.15) is 57.5 Å². The van der Waals surface area contributed by atoms with Crippen LogP contribution in [0.5, 0.6) is 0 Å². The van der Waals surface area contributed by atoms with Crippen molar-refractivity contribution in [2.45, 2.75) is 52.4 Å². The van der Waals surface area contributed by atoms with Crippen molar-refractivity contribution >= 4 is 0 Å². The number of hydrogen-bond acceptors (Lipinski definition) is 1. The van der Waals surface area contributed by atoms with Crippen molar-refractivity contribution in [1.82, 2.24) is 9.97 Å². The molecular formula is C11H20N2. The van der Waals surface area contributed by atoms with Gasteiger partial charge in [0.05, 0.1) is 0 Å². The zero-order valence-corrected chi connectivity index (χ0v) is 8.93. The molecule has 0 saturated heterocycles. The molecule has 1 aromatic rings. The van der Waals surface area contributed by atoms with E-state index in [1.807, 2.05) is 6.20 Å². The van der Waals surface area contributed by atoms with Gasteiger partial charge in [-0.25, -0.2) is 4.98 Å². The first-order valence-electron chi connectivity index (χ1n) is 5.31. The number of unbranched alkanes of at least 4 members (excludes halogenated alkanes) is 1. The van der Waals surface area contributed by atoms with Gasteiger partial charge in [-0.2, -0.15) is 0 Å². The van der Waals surface area contributed by atoms with Gasteiger partial charge in [0.2, 0.25) is 0 Å². The lowest BCUT2D eigenvalue weighted by atomic mass is 10.0. The zero-order valence-electron chi connectivity index (χ0n) is 8.93. The second-order valence-corrected chi connectivity index (χ2v) is 3.69. The van der Waals surface area contributed by atoms with Gasteiger partial charge in [-0.15, -0.1) is 0 Å². The molecule has 0 aromatic carbocycles. The maximum atomic E-state index is 4.38. The number of hydrogen-bond donors (Lipinski definition) is 1. The maximum absolute atomic E-state index is 4.38. The average Bonchev–Trinajstić information content (AvgIpc) is 2.62. The molecule has 0 bridgehead atoms. The van der Waals surface area contributed by atoms with Crippen LogP contribution >= 0.6 is 0 Å². The van der Waals surface area contributed by atoms with Crippen LogP contribution in [-0.4, -0.2) is 9.97 Å². The van der Waals surface area contributed by atoms with Gasteiger partial charge in [-0.3, -0.25) is 0 Å². The predicted octanol–water partition coefficient (Wildman–Crippen LogP) is 3.27. The molecule has 0 saturated carbocycles. The first kappa shape index (κ1) is 10.3. The second-order valence-electron chi connectivity index (χ2n) is 3.69. The Kier molecular flexibility index (Phi) is 4.00. The Labute approximate surface area is 80.8 Å². The molecule has 0 aliphatic heterocycles. The van der Waals surface area contributed by atoms with Crippen LogP contribution in [0.3, 0.4) is 0 Å². The number of rotatable bonds is 5. The number of aromatic nitrogens is 2. The summed E-state index contributed by atoms with van der Waals surface area (Å²) in [5, 5.41) is 0. The first-order chi connectivity index (χ1) is 6.27. The quantitative estimate of drug-likeness (QED) is 0.740. The highest BCUT2D eigenvalue weighted by molar-refractivity contribution is 5.04. The van der Waals surface area contributed by atoms with Gasteiger partial charge in [0.1, 0.15) is 5.82 Å². The number of imidazole rings is 1. The monoisotopic (exact) mass is 180 g/mol. The van der Waals surface area contributed by atoms with Crippen molar-refractivity contribution < 1.29 is 0 Å². The van der Waals surface area contributed by atoms with E-state index in [2.05, 4.69) is 30.7 Å². The highest BCUT2D eigenvalue weighted by atomic mass is 14.9. The summed E-state index contributed by atoms with van der Waals surface area (Å²) in [6.07, 6.45) is 6.81. The van der Waals surface area contributed by atoms with Crippen LogP contribution in [0, 0.1) is 0 Å². The number of nitrogens with one attached hydrogen (secondary N) is 1.